The smallest absolute Gasteiger partial charge is 0.381 e. The molecular formula is C17H18F3N5O2. The Morgan fingerprint density at radius 2 is 2.04 bits per heavy atom. The van der Waals surface area contributed by atoms with Gasteiger partial charge in [0, 0.05) is 30.9 Å². The van der Waals surface area contributed by atoms with E-state index >= 15 is 0 Å². The highest BCUT2D eigenvalue weighted by atomic mass is 19.4. The lowest BCUT2D eigenvalue weighted by atomic mass is 9.76. The van der Waals surface area contributed by atoms with E-state index < -0.39 is 12.0 Å². The minimum Gasteiger partial charge on any atom is -0.381 e. The number of aromatic nitrogens is 3. The van der Waals surface area contributed by atoms with Gasteiger partial charge >= 0.3 is 12.2 Å². The van der Waals surface area contributed by atoms with Crippen LogP contribution in [0.4, 0.5) is 23.7 Å². The number of anilines is 1. The summed E-state index contributed by atoms with van der Waals surface area (Å²) in [4.78, 5) is 17.7. The second kappa shape index (κ2) is 6.52. The summed E-state index contributed by atoms with van der Waals surface area (Å²) in [5.74, 6) is -1.30. The number of ether oxygens (including phenoxy) is 1. The summed E-state index contributed by atoms with van der Waals surface area (Å²) in [6, 6.07) is 7.35. The Morgan fingerprint density at radius 3 is 2.74 bits per heavy atom. The van der Waals surface area contributed by atoms with Gasteiger partial charge < -0.3 is 10.1 Å². The van der Waals surface area contributed by atoms with E-state index in [4.69, 9.17) is 4.74 Å². The van der Waals surface area contributed by atoms with Gasteiger partial charge in [0.1, 0.15) is 5.82 Å². The summed E-state index contributed by atoms with van der Waals surface area (Å²) in [5.41, 5.74) is 1.80. The standard InChI is InChI=1S/C17H18F3N5O2/c18-17(19,20)14-22-13(23-24-14)9-21-15(26)25-10-16(5-7-27-8-6-16)11-3-1-2-4-12(11)25/h1-4H,5-10H2,(H,21,26)(H,22,23,24). The Kier molecular flexibility index (Phi) is 4.29. The van der Waals surface area contributed by atoms with Crippen molar-refractivity contribution in [1.82, 2.24) is 20.5 Å². The third kappa shape index (κ3) is 3.25. The number of carbonyl (C=O) groups is 1. The van der Waals surface area contributed by atoms with Crippen molar-refractivity contribution >= 4 is 11.7 Å². The molecule has 2 N–H and O–H groups in total. The summed E-state index contributed by atoms with van der Waals surface area (Å²) in [5, 5.41) is 7.95. The van der Waals surface area contributed by atoms with Crippen LogP contribution in [-0.2, 0) is 22.9 Å². The summed E-state index contributed by atoms with van der Waals surface area (Å²) in [6.07, 6.45) is -2.97. The van der Waals surface area contributed by atoms with Gasteiger partial charge in [0.2, 0.25) is 0 Å². The zero-order chi connectivity index (χ0) is 19.1. The van der Waals surface area contributed by atoms with Crippen LogP contribution < -0.4 is 10.2 Å². The first kappa shape index (κ1) is 17.8. The average Bonchev–Trinajstić information content (AvgIpc) is 3.25. The van der Waals surface area contributed by atoms with E-state index in [1.807, 2.05) is 24.3 Å². The number of aromatic amines is 1. The predicted octanol–water partition coefficient (Wildman–Crippen LogP) is 2.60. The van der Waals surface area contributed by atoms with Gasteiger partial charge in [-0.25, -0.2) is 9.78 Å². The van der Waals surface area contributed by atoms with E-state index in [1.54, 1.807) is 4.90 Å². The van der Waals surface area contributed by atoms with Crippen LogP contribution in [0.25, 0.3) is 0 Å². The van der Waals surface area contributed by atoms with Crippen molar-refractivity contribution in [2.75, 3.05) is 24.7 Å². The molecule has 4 rings (SSSR count). The fraction of sp³-hybridized carbons (Fsp3) is 0.471. The quantitative estimate of drug-likeness (QED) is 0.838. The molecule has 2 aliphatic rings. The van der Waals surface area contributed by atoms with Crippen LogP contribution in [0.5, 0.6) is 0 Å². The number of para-hydroxylation sites is 1. The lowest BCUT2D eigenvalue weighted by molar-refractivity contribution is -0.144. The molecule has 0 bridgehead atoms. The monoisotopic (exact) mass is 381 g/mol. The predicted molar refractivity (Wildman–Crippen MR) is 89.1 cm³/mol. The molecule has 0 unspecified atom stereocenters. The molecule has 144 valence electrons. The minimum absolute atomic E-state index is 0.0519. The number of fused-ring (bicyclic) bond motifs is 2. The fourth-order valence-corrected chi connectivity index (χ4v) is 3.76. The van der Waals surface area contributed by atoms with Crippen LogP contribution in [0, 0.1) is 0 Å². The van der Waals surface area contributed by atoms with Crippen molar-refractivity contribution in [3.63, 3.8) is 0 Å². The van der Waals surface area contributed by atoms with Crippen LogP contribution in [0.1, 0.15) is 30.1 Å². The molecule has 0 atom stereocenters. The summed E-state index contributed by atoms with van der Waals surface area (Å²) >= 11 is 0. The average molecular weight is 381 g/mol. The van der Waals surface area contributed by atoms with Crippen LogP contribution in [0.2, 0.25) is 0 Å². The molecule has 2 aromatic rings. The van der Waals surface area contributed by atoms with E-state index in [2.05, 4.69) is 20.5 Å². The molecule has 2 aliphatic heterocycles. The fourth-order valence-electron chi connectivity index (χ4n) is 3.76. The molecular weight excluding hydrogens is 363 g/mol. The zero-order valence-electron chi connectivity index (χ0n) is 14.3. The van der Waals surface area contributed by atoms with Crippen molar-refractivity contribution in [1.29, 1.82) is 0 Å². The van der Waals surface area contributed by atoms with Crippen LogP contribution in [-0.4, -0.2) is 41.0 Å². The van der Waals surface area contributed by atoms with Gasteiger partial charge in [-0.05, 0) is 24.5 Å². The Labute approximate surface area is 152 Å². The zero-order valence-corrected chi connectivity index (χ0v) is 14.3. The molecule has 1 spiro atoms. The number of H-pyrrole nitrogens is 1. The van der Waals surface area contributed by atoms with Gasteiger partial charge in [0.25, 0.3) is 5.82 Å². The largest absolute Gasteiger partial charge is 0.453 e. The molecule has 1 fully saturated rings. The molecule has 3 heterocycles. The Hall–Kier alpha value is -2.62. The molecule has 27 heavy (non-hydrogen) atoms. The van der Waals surface area contributed by atoms with Gasteiger partial charge in [-0.15, -0.1) is 5.10 Å². The SMILES string of the molecule is O=C(NCc1nc(C(F)(F)F)n[nH]1)N1CC2(CCOCC2)c2ccccc21. The van der Waals surface area contributed by atoms with Gasteiger partial charge in [-0.1, -0.05) is 18.2 Å². The molecule has 0 saturated carbocycles. The van der Waals surface area contributed by atoms with Gasteiger partial charge in [-0.2, -0.15) is 13.2 Å². The number of rotatable bonds is 2. The van der Waals surface area contributed by atoms with E-state index in [1.165, 1.54) is 0 Å². The molecule has 0 radical (unpaired) electrons. The molecule has 2 amide bonds. The molecule has 1 aromatic carbocycles. The number of halogens is 3. The molecule has 10 heteroatoms. The highest BCUT2D eigenvalue weighted by Gasteiger charge is 2.45. The number of urea groups is 1. The lowest BCUT2D eigenvalue weighted by Crippen LogP contribution is -2.44. The van der Waals surface area contributed by atoms with E-state index in [9.17, 15) is 18.0 Å². The Balaban J connectivity index is 1.48. The number of nitrogens with zero attached hydrogens (tertiary/aromatic N) is 3. The maximum Gasteiger partial charge on any atom is 0.453 e. The summed E-state index contributed by atoms with van der Waals surface area (Å²) in [6.45, 7) is 1.63. The number of hydrogen-bond acceptors (Lipinski definition) is 4. The highest BCUT2D eigenvalue weighted by Crippen LogP contribution is 2.46. The van der Waals surface area contributed by atoms with Crippen molar-refractivity contribution in [2.45, 2.75) is 31.0 Å². The van der Waals surface area contributed by atoms with Crippen molar-refractivity contribution in [2.24, 2.45) is 0 Å². The van der Waals surface area contributed by atoms with Crippen LogP contribution >= 0.6 is 0 Å². The molecule has 0 aliphatic carbocycles. The first-order valence-electron chi connectivity index (χ1n) is 8.60. The maximum atomic E-state index is 12.7. The van der Waals surface area contributed by atoms with Crippen molar-refractivity contribution < 1.29 is 22.7 Å². The van der Waals surface area contributed by atoms with E-state index in [0.717, 1.165) is 24.1 Å². The van der Waals surface area contributed by atoms with E-state index in [-0.39, 0.29) is 23.8 Å². The van der Waals surface area contributed by atoms with Gasteiger partial charge in [0.05, 0.1) is 6.54 Å². The lowest BCUT2D eigenvalue weighted by Gasteiger charge is -2.34. The second-order valence-electron chi connectivity index (χ2n) is 6.76. The van der Waals surface area contributed by atoms with Crippen molar-refractivity contribution in [3.8, 4) is 0 Å². The molecule has 1 aromatic heterocycles. The van der Waals surface area contributed by atoms with Crippen LogP contribution in [0.15, 0.2) is 24.3 Å². The normalized spacial score (nSPS) is 18.6. The summed E-state index contributed by atoms with van der Waals surface area (Å²) in [7, 11) is 0. The minimum atomic E-state index is -4.62. The number of benzene rings is 1. The van der Waals surface area contributed by atoms with Crippen molar-refractivity contribution in [3.05, 3.63) is 41.5 Å². The maximum absolute atomic E-state index is 12.7. The molecule has 7 nitrogen and oxygen atoms in total. The number of amides is 2. The summed E-state index contributed by atoms with van der Waals surface area (Å²) < 4.78 is 43.2. The Bertz CT molecular complexity index is 845. The van der Waals surface area contributed by atoms with Gasteiger partial charge in [-0.3, -0.25) is 10.00 Å². The van der Waals surface area contributed by atoms with E-state index in [0.29, 0.717) is 19.8 Å². The first-order chi connectivity index (χ1) is 12.9. The Morgan fingerprint density at radius 1 is 1.30 bits per heavy atom. The molecule has 1 saturated heterocycles. The first-order valence-corrected chi connectivity index (χ1v) is 8.60. The van der Waals surface area contributed by atoms with Gasteiger partial charge in [0.15, 0.2) is 0 Å². The number of carbonyl (C=O) groups excluding carboxylic acids is 1. The third-order valence-electron chi connectivity index (χ3n) is 5.11. The van der Waals surface area contributed by atoms with Crippen LogP contribution in [0.3, 0.4) is 0 Å². The second-order valence-corrected chi connectivity index (χ2v) is 6.76. The third-order valence-corrected chi connectivity index (χ3v) is 5.11. The number of hydrogen-bond donors (Lipinski definition) is 2. The topological polar surface area (TPSA) is 83.1 Å². The number of alkyl halides is 3. The number of nitrogens with one attached hydrogen (secondary N) is 2. The highest BCUT2D eigenvalue weighted by molar-refractivity contribution is 5.95.